The number of hydrogen-bond acceptors (Lipinski definition) is 4. The lowest BCUT2D eigenvalue weighted by atomic mass is 9.91. The van der Waals surface area contributed by atoms with Crippen molar-refractivity contribution in [1.82, 2.24) is 4.72 Å². The van der Waals surface area contributed by atoms with Crippen LogP contribution >= 0.6 is 46.1 Å². The smallest absolute Gasteiger partial charge is 0.250 e. The van der Waals surface area contributed by atoms with Gasteiger partial charge in [-0.3, -0.25) is 0 Å². The SMILES string of the molecule is C[C@@H]([C@H](NS(=O)(=O)c1cccs1)c1ccccc1)[C@@H](O)C(Cl)(Cl)Cl. The number of benzene rings is 1. The second kappa shape index (κ2) is 7.91. The standard InChI is InChI=1S/C15H16Cl3NO3S2/c1-10(14(20)15(16,17)18)13(11-6-3-2-4-7-11)19-24(21,22)12-8-5-9-23-12/h2-10,13-14,19-20H,1H3/t10-,13-,14+/m0/s1. The van der Waals surface area contributed by atoms with Crippen molar-refractivity contribution in [3.63, 3.8) is 0 Å². The van der Waals surface area contributed by atoms with Crippen molar-refractivity contribution in [2.75, 3.05) is 0 Å². The zero-order chi connectivity index (χ0) is 18.0. The van der Waals surface area contributed by atoms with E-state index in [1.807, 2.05) is 6.07 Å². The third-order valence-electron chi connectivity index (χ3n) is 3.56. The third kappa shape index (κ3) is 4.85. The fraction of sp³-hybridized carbons (Fsp3) is 0.333. The van der Waals surface area contributed by atoms with Crippen molar-refractivity contribution in [2.24, 2.45) is 5.92 Å². The highest BCUT2D eigenvalue weighted by molar-refractivity contribution is 7.91. The zero-order valence-corrected chi connectivity index (χ0v) is 16.5. The Hall–Kier alpha value is -0.340. The maximum Gasteiger partial charge on any atom is 0.250 e. The van der Waals surface area contributed by atoms with Crippen LogP contribution in [0.5, 0.6) is 0 Å². The molecule has 0 fully saturated rings. The fourth-order valence-corrected chi connectivity index (χ4v) is 5.18. The Kier molecular flexibility index (Phi) is 6.58. The van der Waals surface area contributed by atoms with E-state index in [1.54, 1.807) is 42.6 Å². The molecule has 1 heterocycles. The summed E-state index contributed by atoms with van der Waals surface area (Å²) in [4.78, 5) is 0. The minimum atomic E-state index is -3.76. The normalized spacial score (nSPS) is 16.5. The molecule has 2 N–H and O–H groups in total. The Morgan fingerprint density at radius 2 is 1.75 bits per heavy atom. The molecule has 0 spiro atoms. The second-order valence-electron chi connectivity index (χ2n) is 5.29. The quantitative estimate of drug-likeness (QED) is 0.680. The average molecular weight is 429 g/mol. The van der Waals surface area contributed by atoms with Crippen LogP contribution in [-0.4, -0.2) is 23.4 Å². The number of alkyl halides is 3. The van der Waals surface area contributed by atoms with E-state index in [4.69, 9.17) is 34.8 Å². The highest BCUT2D eigenvalue weighted by Crippen LogP contribution is 2.39. The number of nitrogens with one attached hydrogen (secondary N) is 1. The topological polar surface area (TPSA) is 66.4 Å². The Labute approximate surface area is 160 Å². The monoisotopic (exact) mass is 427 g/mol. The van der Waals surface area contributed by atoms with E-state index in [-0.39, 0.29) is 4.21 Å². The maximum atomic E-state index is 12.6. The first-order valence-electron chi connectivity index (χ1n) is 6.98. The van der Waals surface area contributed by atoms with Crippen molar-refractivity contribution >= 4 is 56.2 Å². The molecule has 0 aliphatic heterocycles. The molecular formula is C15H16Cl3NO3S2. The molecule has 1 aromatic heterocycles. The van der Waals surface area contributed by atoms with Gasteiger partial charge in [0.1, 0.15) is 10.3 Å². The molecule has 4 nitrogen and oxygen atoms in total. The second-order valence-corrected chi connectivity index (χ2v) is 10.5. The molecule has 0 saturated carbocycles. The van der Waals surface area contributed by atoms with Gasteiger partial charge in [0.25, 0.3) is 10.0 Å². The van der Waals surface area contributed by atoms with Crippen molar-refractivity contribution in [2.45, 2.75) is 27.1 Å². The van der Waals surface area contributed by atoms with E-state index in [9.17, 15) is 13.5 Å². The number of hydrogen-bond donors (Lipinski definition) is 2. The largest absolute Gasteiger partial charge is 0.388 e. The van der Waals surface area contributed by atoms with E-state index >= 15 is 0 Å². The van der Waals surface area contributed by atoms with Gasteiger partial charge in [-0.05, 0) is 17.0 Å². The van der Waals surface area contributed by atoms with E-state index in [0.717, 1.165) is 11.3 Å². The minimum Gasteiger partial charge on any atom is -0.388 e. The van der Waals surface area contributed by atoms with E-state index in [0.29, 0.717) is 5.56 Å². The molecule has 2 aromatic rings. The van der Waals surface area contributed by atoms with Crippen molar-refractivity contribution in [3.8, 4) is 0 Å². The van der Waals surface area contributed by atoms with Gasteiger partial charge in [-0.2, -0.15) is 0 Å². The molecule has 0 aliphatic carbocycles. The van der Waals surface area contributed by atoms with Crippen LogP contribution in [0.1, 0.15) is 18.5 Å². The number of halogens is 3. The molecule has 0 radical (unpaired) electrons. The van der Waals surface area contributed by atoms with Crippen LogP contribution in [0.3, 0.4) is 0 Å². The molecule has 2 rings (SSSR count). The van der Waals surface area contributed by atoms with E-state index < -0.39 is 31.9 Å². The summed E-state index contributed by atoms with van der Waals surface area (Å²) in [6, 6.07) is 11.3. The molecule has 3 atom stereocenters. The molecule has 0 bridgehead atoms. The van der Waals surface area contributed by atoms with Gasteiger partial charge in [0.15, 0.2) is 0 Å². The first-order valence-corrected chi connectivity index (χ1v) is 10.5. The van der Waals surface area contributed by atoms with Crippen molar-refractivity contribution in [3.05, 3.63) is 53.4 Å². The van der Waals surface area contributed by atoms with Crippen molar-refractivity contribution < 1.29 is 13.5 Å². The summed E-state index contributed by atoms with van der Waals surface area (Å²) in [6.45, 7) is 1.63. The van der Waals surface area contributed by atoms with Crippen LogP contribution in [-0.2, 0) is 10.0 Å². The molecule has 0 unspecified atom stereocenters. The lowest BCUT2D eigenvalue weighted by Gasteiger charge is -2.32. The lowest BCUT2D eigenvalue weighted by Crippen LogP contribution is -2.41. The minimum absolute atomic E-state index is 0.180. The summed E-state index contributed by atoms with van der Waals surface area (Å²) >= 11 is 18.5. The number of rotatable bonds is 6. The zero-order valence-electron chi connectivity index (χ0n) is 12.6. The van der Waals surface area contributed by atoms with Gasteiger partial charge in [0.2, 0.25) is 3.79 Å². The van der Waals surface area contributed by atoms with Crippen LogP contribution in [0.25, 0.3) is 0 Å². The summed E-state index contributed by atoms with van der Waals surface area (Å²) < 4.78 is 26.0. The number of sulfonamides is 1. The van der Waals surface area contributed by atoms with Gasteiger partial charge < -0.3 is 5.11 Å². The summed E-state index contributed by atoms with van der Waals surface area (Å²) in [7, 11) is -3.76. The van der Waals surface area contributed by atoms with Crippen LogP contribution < -0.4 is 4.72 Å². The maximum absolute atomic E-state index is 12.6. The number of thiophene rings is 1. The molecule has 1 aromatic carbocycles. The predicted molar refractivity (Wildman–Crippen MR) is 99.3 cm³/mol. The molecule has 9 heteroatoms. The summed E-state index contributed by atoms with van der Waals surface area (Å²) in [5.74, 6) is -0.686. The van der Waals surface area contributed by atoms with E-state index in [1.165, 1.54) is 6.07 Å². The third-order valence-corrected chi connectivity index (χ3v) is 7.07. The Morgan fingerprint density at radius 3 is 2.25 bits per heavy atom. The van der Waals surface area contributed by atoms with Gasteiger partial charge in [0.05, 0.1) is 6.04 Å². The van der Waals surface area contributed by atoms with Crippen LogP contribution in [0.4, 0.5) is 0 Å². The number of aliphatic hydroxyl groups is 1. The summed E-state index contributed by atoms with van der Waals surface area (Å²) in [5.41, 5.74) is 0.665. The first-order chi connectivity index (χ1) is 11.1. The van der Waals surface area contributed by atoms with Gasteiger partial charge in [-0.1, -0.05) is 78.1 Å². The van der Waals surface area contributed by atoms with Gasteiger partial charge in [-0.15, -0.1) is 11.3 Å². The fourth-order valence-electron chi connectivity index (χ4n) is 2.26. The van der Waals surface area contributed by atoms with Crippen LogP contribution in [0, 0.1) is 5.92 Å². The lowest BCUT2D eigenvalue weighted by molar-refractivity contribution is 0.102. The average Bonchev–Trinajstić information content (AvgIpc) is 3.06. The first kappa shape index (κ1) is 20.0. The molecule has 0 saturated heterocycles. The van der Waals surface area contributed by atoms with E-state index in [2.05, 4.69) is 4.72 Å². The number of aliphatic hydroxyl groups excluding tert-OH is 1. The van der Waals surface area contributed by atoms with Gasteiger partial charge >= 0.3 is 0 Å². The molecule has 0 amide bonds. The Bertz CT molecular complexity index is 746. The van der Waals surface area contributed by atoms with Crippen LogP contribution in [0.2, 0.25) is 0 Å². The highest BCUT2D eigenvalue weighted by atomic mass is 35.6. The molecular weight excluding hydrogens is 413 g/mol. The van der Waals surface area contributed by atoms with Crippen LogP contribution in [0.15, 0.2) is 52.1 Å². The van der Waals surface area contributed by atoms with Crippen molar-refractivity contribution in [1.29, 1.82) is 0 Å². The predicted octanol–water partition coefficient (Wildman–Crippen LogP) is 4.13. The molecule has 0 aliphatic rings. The Morgan fingerprint density at radius 1 is 1.12 bits per heavy atom. The Balaban J connectivity index is 2.38. The summed E-state index contributed by atoms with van der Waals surface area (Å²) in [5, 5.41) is 12.0. The molecule has 132 valence electrons. The summed E-state index contributed by atoms with van der Waals surface area (Å²) in [6.07, 6.45) is -1.36. The van der Waals surface area contributed by atoms with Gasteiger partial charge in [-0.25, -0.2) is 13.1 Å². The highest BCUT2D eigenvalue weighted by Gasteiger charge is 2.40. The van der Waals surface area contributed by atoms with Gasteiger partial charge in [0, 0.05) is 5.92 Å². The molecule has 24 heavy (non-hydrogen) atoms.